The van der Waals surface area contributed by atoms with Gasteiger partial charge in [-0.1, -0.05) is 65.8 Å². The first-order valence-electron chi connectivity index (χ1n) is 10.2. The molecule has 0 spiro atoms. The van der Waals surface area contributed by atoms with Gasteiger partial charge in [0.15, 0.2) is 5.16 Å². The van der Waals surface area contributed by atoms with Crippen molar-refractivity contribution >= 4 is 23.4 Å². The highest BCUT2D eigenvalue weighted by molar-refractivity contribution is 7.99. The summed E-state index contributed by atoms with van der Waals surface area (Å²) in [4.78, 5) is 11.1. The summed E-state index contributed by atoms with van der Waals surface area (Å²) in [5.41, 5.74) is 2.72. The third-order valence-electron chi connectivity index (χ3n) is 4.94. The third kappa shape index (κ3) is 5.91. The van der Waals surface area contributed by atoms with E-state index in [0.717, 1.165) is 16.8 Å². The van der Waals surface area contributed by atoms with Gasteiger partial charge in [0.05, 0.1) is 0 Å². The highest BCUT2D eigenvalue weighted by atomic mass is 35.5. The smallest absolute Gasteiger partial charge is 0.220 e. The number of aromatic nitrogens is 3. The highest BCUT2D eigenvalue weighted by Crippen LogP contribution is 2.36. The summed E-state index contributed by atoms with van der Waals surface area (Å²) < 4.78 is 7.70. The monoisotopic (exact) mass is 480 g/mol. The molecule has 4 aromatic rings. The van der Waals surface area contributed by atoms with Crippen molar-refractivity contribution in [1.29, 1.82) is 0 Å². The number of hydrogen-bond acceptors (Lipinski definition) is 6. The standard InChI is InChI=1S/C24H21ClN4O3S/c1-17-26-27-24(29(17)21-11-9-20(25)10-12-21)33-23(15-28(30)31)19-7-13-22(14-8-19)32-16-18-5-3-2-4-6-18/h2-14,23H,15-16H2,1H3/t23-/m0/s1. The fourth-order valence-electron chi connectivity index (χ4n) is 3.30. The Bertz CT molecular complexity index is 1210. The summed E-state index contributed by atoms with van der Waals surface area (Å²) in [6.45, 7) is 2.05. The molecule has 7 nitrogen and oxygen atoms in total. The Kier molecular flexibility index (Phi) is 7.26. The highest BCUT2D eigenvalue weighted by Gasteiger charge is 2.24. The maximum atomic E-state index is 11.4. The van der Waals surface area contributed by atoms with E-state index in [0.29, 0.717) is 28.4 Å². The summed E-state index contributed by atoms with van der Waals surface area (Å²) in [5.74, 6) is 1.39. The van der Waals surface area contributed by atoms with Gasteiger partial charge in [0.2, 0.25) is 6.54 Å². The second-order valence-corrected chi connectivity index (χ2v) is 8.91. The first kappa shape index (κ1) is 22.8. The molecule has 168 valence electrons. The van der Waals surface area contributed by atoms with E-state index in [2.05, 4.69) is 10.2 Å². The predicted octanol–water partition coefficient (Wildman–Crippen LogP) is 5.92. The lowest BCUT2D eigenvalue weighted by atomic mass is 10.1. The molecule has 0 radical (unpaired) electrons. The van der Waals surface area contributed by atoms with Gasteiger partial charge >= 0.3 is 0 Å². The molecule has 0 saturated carbocycles. The van der Waals surface area contributed by atoms with Crippen LogP contribution in [0.25, 0.3) is 5.69 Å². The van der Waals surface area contributed by atoms with Crippen molar-refractivity contribution in [3.63, 3.8) is 0 Å². The molecule has 4 rings (SSSR count). The minimum absolute atomic E-state index is 0.249. The summed E-state index contributed by atoms with van der Waals surface area (Å²) in [7, 11) is 0. The van der Waals surface area contributed by atoms with E-state index in [4.69, 9.17) is 16.3 Å². The molecule has 0 aliphatic heterocycles. The first-order chi connectivity index (χ1) is 16.0. The molecular weight excluding hydrogens is 460 g/mol. The van der Waals surface area contributed by atoms with Gasteiger partial charge < -0.3 is 4.74 Å². The zero-order valence-corrected chi connectivity index (χ0v) is 19.4. The van der Waals surface area contributed by atoms with Crippen LogP contribution in [0.2, 0.25) is 5.02 Å². The molecular formula is C24H21ClN4O3S. The van der Waals surface area contributed by atoms with Gasteiger partial charge in [-0.05, 0) is 54.4 Å². The molecule has 1 atom stereocenters. The summed E-state index contributed by atoms with van der Waals surface area (Å²) in [6.07, 6.45) is 0. The van der Waals surface area contributed by atoms with Gasteiger partial charge in [-0.2, -0.15) is 0 Å². The van der Waals surface area contributed by atoms with Gasteiger partial charge in [-0.3, -0.25) is 14.7 Å². The number of thioether (sulfide) groups is 1. The van der Waals surface area contributed by atoms with Crippen LogP contribution >= 0.6 is 23.4 Å². The molecule has 3 aromatic carbocycles. The van der Waals surface area contributed by atoms with Crippen LogP contribution in [0.15, 0.2) is 84.0 Å². The zero-order chi connectivity index (χ0) is 23.2. The van der Waals surface area contributed by atoms with Crippen molar-refractivity contribution in [1.82, 2.24) is 14.8 Å². The van der Waals surface area contributed by atoms with Crippen LogP contribution in [0, 0.1) is 17.0 Å². The average molecular weight is 481 g/mol. The lowest BCUT2D eigenvalue weighted by Crippen LogP contribution is -2.11. The second-order valence-electron chi connectivity index (χ2n) is 7.31. The zero-order valence-electron chi connectivity index (χ0n) is 17.8. The average Bonchev–Trinajstić information content (AvgIpc) is 3.18. The maximum Gasteiger partial charge on any atom is 0.220 e. The SMILES string of the molecule is Cc1nnc(S[C@@H](C[N+](=O)[O-])c2ccc(OCc3ccccc3)cc2)n1-c1ccc(Cl)cc1. The molecule has 0 unspecified atom stereocenters. The van der Waals surface area contributed by atoms with E-state index in [1.165, 1.54) is 11.8 Å². The maximum absolute atomic E-state index is 11.4. The lowest BCUT2D eigenvalue weighted by Gasteiger charge is -2.15. The molecule has 1 aromatic heterocycles. The molecule has 0 saturated heterocycles. The summed E-state index contributed by atoms with van der Waals surface area (Å²) in [6, 6.07) is 24.6. The number of benzene rings is 3. The van der Waals surface area contributed by atoms with Crippen LogP contribution < -0.4 is 4.74 Å². The molecule has 1 heterocycles. The number of ether oxygens (including phenoxy) is 1. The van der Waals surface area contributed by atoms with Gasteiger partial charge in [0.1, 0.15) is 23.4 Å². The molecule has 0 aliphatic rings. The Balaban J connectivity index is 1.53. The van der Waals surface area contributed by atoms with Crippen LogP contribution in [-0.2, 0) is 6.61 Å². The Morgan fingerprint density at radius 2 is 1.73 bits per heavy atom. The van der Waals surface area contributed by atoms with E-state index < -0.39 is 5.25 Å². The van der Waals surface area contributed by atoms with Crippen molar-refractivity contribution in [2.75, 3.05) is 6.54 Å². The van der Waals surface area contributed by atoms with Crippen molar-refractivity contribution in [2.45, 2.75) is 23.9 Å². The molecule has 0 N–H and O–H groups in total. The number of hydrogen-bond donors (Lipinski definition) is 0. The molecule has 0 bridgehead atoms. The Morgan fingerprint density at radius 1 is 1.03 bits per heavy atom. The van der Waals surface area contributed by atoms with E-state index in [1.54, 1.807) is 12.1 Å². The van der Waals surface area contributed by atoms with Crippen molar-refractivity contribution < 1.29 is 9.66 Å². The Labute approximate surface area is 200 Å². The number of nitro groups is 1. The Morgan fingerprint density at radius 3 is 2.39 bits per heavy atom. The van der Waals surface area contributed by atoms with Gasteiger partial charge in [-0.15, -0.1) is 10.2 Å². The van der Waals surface area contributed by atoms with Gasteiger partial charge in [0, 0.05) is 15.6 Å². The second kappa shape index (κ2) is 10.5. The third-order valence-corrected chi connectivity index (χ3v) is 6.38. The molecule has 9 heteroatoms. The van der Waals surface area contributed by atoms with Crippen LogP contribution in [0.1, 0.15) is 22.2 Å². The lowest BCUT2D eigenvalue weighted by molar-refractivity contribution is -0.479. The van der Waals surface area contributed by atoms with E-state index >= 15 is 0 Å². The van der Waals surface area contributed by atoms with Crippen molar-refractivity contribution in [2.24, 2.45) is 0 Å². The van der Waals surface area contributed by atoms with E-state index in [1.807, 2.05) is 78.2 Å². The van der Waals surface area contributed by atoms with Crippen molar-refractivity contribution in [3.8, 4) is 11.4 Å². The van der Waals surface area contributed by atoms with Gasteiger partial charge in [-0.25, -0.2) is 0 Å². The Hall–Kier alpha value is -3.36. The molecule has 0 amide bonds. The first-order valence-corrected chi connectivity index (χ1v) is 11.5. The number of nitrogens with zero attached hydrogens (tertiary/aromatic N) is 4. The van der Waals surface area contributed by atoms with Crippen LogP contribution in [0.5, 0.6) is 5.75 Å². The summed E-state index contributed by atoms with van der Waals surface area (Å²) in [5, 5.41) is 20.6. The van der Waals surface area contributed by atoms with Crippen LogP contribution in [-0.4, -0.2) is 26.2 Å². The fraction of sp³-hybridized carbons (Fsp3) is 0.167. The van der Waals surface area contributed by atoms with Crippen LogP contribution in [0.3, 0.4) is 0 Å². The molecule has 0 fully saturated rings. The fourth-order valence-corrected chi connectivity index (χ4v) is 4.60. The quantitative estimate of drug-likeness (QED) is 0.168. The summed E-state index contributed by atoms with van der Waals surface area (Å²) >= 11 is 7.32. The number of aryl methyl sites for hydroxylation is 1. The molecule has 33 heavy (non-hydrogen) atoms. The van der Waals surface area contributed by atoms with Crippen molar-refractivity contribution in [3.05, 3.63) is 111 Å². The van der Waals surface area contributed by atoms with E-state index in [9.17, 15) is 10.1 Å². The normalized spacial score (nSPS) is 11.8. The largest absolute Gasteiger partial charge is 0.489 e. The molecule has 0 aliphatic carbocycles. The predicted molar refractivity (Wildman–Crippen MR) is 129 cm³/mol. The minimum atomic E-state index is -0.446. The number of rotatable bonds is 9. The van der Waals surface area contributed by atoms with E-state index in [-0.39, 0.29) is 11.5 Å². The van der Waals surface area contributed by atoms with Gasteiger partial charge in [0.25, 0.3) is 0 Å². The number of halogens is 1. The minimum Gasteiger partial charge on any atom is -0.489 e. The topological polar surface area (TPSA) is 83.1 Å². The van der Waals surface area contributed by atoms with Crippen LogP contribution in [0.4, 0.5) is 0 Å².